The third-order valence-corrected chi connectivity index (χ3v) is 6.02. The zero-order valence-corrected chi connectivity index (χ0v) is 18.1. The highest BCUT2D eigenvalue weighted by atomic mass is 16.5. The summed E-state index contributed by atoms with van der Waals surface area (Å²) in [6.45, 7) is 4.86. The second-order valence-corrected chi connectivity index (χ2v) is 8.16. The molecular formula is C25H29N3O3. The third kappa shape index (κ3) is 5.14. The van der Waals surface area contributed by atoms with Gasteiger partial charge in [0, 0.05) is 18.2 Å². The molecule has 3 aromatic rings. The van der Waals surface area contributed by atoms with E-state index in [9.17, 15) is 4.79 Å². The Bertz CT molecular complexity index is 977. The zero-order chi connectivity index (χ0) is 21.6. The topological polar surface area (TPSA) is 67.6 Å². The second-order valence-electron chi connectivity index (χ2n) is 8.16. The minimum absolute atomic E-state index is 0.0999. The lowest BCUT2D eigenvalue weighted by atomic mass is 9.95. The van der Waals surface area contributed by atoms with Crippen LogP contribution in [0.3, 0.4) is 0 Å². The van der Waals surface area contributed by atoms with E-state index in [1.165, 1.54) is 18.4 Å². The van der Waals surface area contributed by atoms with E-state index in [2.05, 4.69) is 34.4 Å². The molecule has 0 bridgehead atoms. The molecule has 2 heterocycles. The van der Waals surface area contributed by atoms with Crippen molar-refractivity contribution in [3.05, 3.63) is 71.9 Å². The lowest BCUT2D eigenvalue weighted by Crippen LogP contribution is -2.42. The SMILES string of the molecule is COc1ccc([C@H](CNC(=O)c2cc(-c3ccccc3)on2)N2CCC(C)CC2)cc1. The Labute approximate surface area is 183 Å². The molecule has 2 aromatic carbocycles. The molecule has 1 saturated heterocycles. The first-order valence-electron chi connectivity index (χ1n) is 10.8. The highest BCUT2D eigenvalue weighted by Gasteiger charge is 2.26. The lowest BCUT2D eigenvalue weighted by Gasteiger charge is -2.37. The molecule has 0 spiro atoms. The average Bonchev–Trinajstić information content (AvgIpc) is 3.32. The van der Waals surface area contributed by atoms with Crippen molar-refractivity contribution in [3.63, 3.8) is 0 Å². The first-order valence-corrected chi connectivity index (χ1v) is 10.8. The average molecular weight is 420 g/mol. The van der Waals surface area contributed by atoms with Crippen molar-refractivity contribution in [1.82, 2.24) is 15.4 Å². The summed E-state index contributed by atoms with van der Waals surface area (Å²) in [7, 11) is 1.67. The molecule has 1 aromatic heterocycles. The van der Waals surface area contributed by atoms with Gasteiger partial charge in [-0.05, 0) is 49.5 Å². The van der Waals surface area contributed by atoms with Gasteiger partial charge in [0.25, 0.3) is 5.91 Å². The van der Waals surface area contributed by atoms with Gasteiger partial charge in [0.05, 0.1) is 13.2 Å². The maximum absolute atomic E-state index is 12.8. The Kier molecular flexibility index (Phi) is 6.67. The first-order chi connectivity index (χ1) is 15.1. The van der Waals surface area contributed by atoms with Crippen LogP contribution in [-0.4, -0.2) is 42.7 Å². The van der Waals surface area contributed by atoms with E-state index in [1.54, 1.807) is 13.2 Å². The van der Waals surface area contributed by atoms with Gasteiger partial charge in [-0.15, -0.1) is 0 Å². The number of methoxy groups -OCH3 is 1. The molecular weight excluding hydrogens is 390 g/mol. The van der Waals surface area contributed by atoms with Crippen LogP contribution in [0.2, 0.25) is 0 Å². The molecule has 0 unspecified atom stereocenters. The quantitative estimate of drug-likeness (QED) is 0.608. The summed E-state index contributed by atoms with van der Waals surface area (Å²) in [5.74, 6) is 1.93. The summed E-state index contributed by atoms with van der Waals surface area (Å²) >= 11 is 0. The smallest absolute Gasteiger partial charge is 0.273 e. The van der Waals surface area contributed by atoms with Crippen LogP contribution in [0.5, 0.6) is 5.75 Å². The summed E-state index contributed by atoms with van der Waals surface area (Å²) in [5, 5.41) is 7.04. The molecule has 0 radical (unpaired) electrons. The van der Waals surface area contributed by atoms with Gasteiger partial charge in [-0.3, -0.25) is 9.69 Å². The number of rotatable bonds is 7. The summed E-state index contributed by atoms with van der Waals surface area (Å²) in [6, 6.07) is 19.5. The standard InChI is InChI=1S/C25H29N3O3/c1-18-12-14-28(15-13-18)23(19-8-10-21(30-2)11-9-19)17-26-25(29)22-16-24(31-27-22)20-6-4-3-5-7-20/h3-11,16,18,23H,12-15,17H2,1-2H3,(H,26,29)/t23-/m0/s1. The number of nitrogens with zero attached hydrogens (tertiary/aromatic N) is 2. The fourth-order valence-electron chi connectivity index (χ4n) is 4.02. The Hall–Kier alpha value is -3.12. The van der Waals surface area contributed by atoms with Crippen LogP contribution in [0.25, 0.3) is 11.3 Å². The van der Waals surface area contributed by atoms with Crippen LogP contribution >= 0.6 is 0 Å². The van der Waals surface area contributed by atoms with Gasteiger partial charge in [-0.1, -0.05) is 54.5 Å². The molecule has 31 heavy (non-hydrogen) atoms. The largest absolute Gasteiger partial charge is 0.497 e. The molecule has 1 fully saturated rings. The number of hydrogen-bond acceptors (Lipinski definition) is 5. The van der Waals surface area contributed by atoms with Crippen molar-refractivity contribution < 1.29 is 14.1 Å². The maximum atomic E-state index is 12.8. The number of hydrogen-bond donors (Lipinski definition) is 1. The van der Waals surface area contributed by atoms with Crippen LogP contribution < -0.4 is 10.1 Å². The highest BCUT2D eigenvalue weighted by molar-refractivity contribution is 5.93. The van der Waals surface area contributed by atoms with E-state index in [4.69, 9.17) is 9.26 Å². The van der Waals surface area contributed by atoms with Crippen molar-refractivity contribution in [2.24, 2.45) is 5.92 Å². The summed E-state index contributed by atoms with van der Waals surface area (Å²) in [6.07, 6.45) is 2.34. The second kappa shape index (κ2) is 9.79. The van der Waals surface area contributed by atoms with E-state index >= 15 is 0 Å². The third-order valence-electron chi connectivity index (χ3n) is 6.02. The van der Waals surface area contributed by atoms with Crippen LogP contribution in [0.15, 0.2) is 65.2 Å². The Morgan fingerprint density at radius 2 is 1.87 bits per heavy atom. The molecule has 4 rings (SSSR count). The first kappa shape index (κ1) is 21.1. The summed E-state index contributed by atoms with van der Waals surface area (Å²) in [5.41, 5.74) is 2.35. The van der Waals surface area contributed by atoms with Crippen LogP contribution in [-0.2, 0) is 0 Å². The normalized spacial score (nSPS) is 16.1. The molecule has 0 saturated carbocycles. The molecule has 0 aliphatic carbocycles. The van der Waals surface area contributed by atoms with Crippen molar-refractivity contribution in [2.45, 2.75) is 25.8 Å². The molecule has 6 heteroatoms. The van der Waals surface area contributed by atoms with E-state index in [0.717, 1.165) is 30.3 Å². The number of piperidine rings is 1. The minimum atomic E-state index is -0.227. The molecule has 1 aliphatic heterocycles. The summed E-state index contributed by atoms with van der Waals surface area (Å²) < 4.78 is 10.7. The number of nitrogens with one attached hydrogen (secondary N) is 1. The molecule has 1 atom stereocenters. The Morgan fingerprint density at radius 3 is 2.55 bits per heavy atom. The Balaban J connectivity index is 1.46. The number of amides is 1. The molecule has 1 amide bonds. The number of aromatic nitrogens is 1. The van der Waals surface area contributed by atoms with E-state index in [1.807, 2.05) is 42.5 Å². The predicted octanol–water partition coefficient (Wildman–Crippen LogP) is 4.55. The molecule has 162 valence electrons. The highest BCUT2D eigenvalue weighted by Crippen LogP contribution is 2.28. The van der Waals surface area contributed by atoms with E-state index < -0.39 is 0 Å². The van der Waals surface area contributed by atoms with E-state index in [0.29, 0.717) is 18.0 Å². The Morgan fingerprint density at radius 1 is 1.16 bits per heavy atom. The monoisotopic (exact) mass is 419 g/mol. The van der Waals surface area contributed by atoms with E-state index in [-0.39, 0.29) is 11.9 Å². The number of carbonyl (C=O) groups is 1. The van der Waals surface area contributed by atoms with Crippen LogP contribution in [0.1, 0.15) is 41.9 Å². The molecule has 1 N–H and O–H groups in total. The van der Waals surface area contributed by atoms with Crippen molar-refractivity contribution in [3.8, 4) is 17.1 Å². The minimum Gasteiger partial charge on any atom is -0.497 e. The van der Waals surface area contributed by atoms with Crippen molar-refractivity contribution in [2.75, 3.05) is 26.7 Å². The van der Waals surface area contributed by atoms with Gasteiger partial charge >= 0.3 is 0 Å². The van der Waals surface area contributed by atoms with Gasteiger partial charge in [0.1, 0.15) is 5.75 Å². The number of carbonyl (C=O) groups excluding carboxylic acids is 1. The van der Waals surface area contributed by atoms with Crippen molar-refractivity contribution in [1.29, 1.82) is 0 Å². The number of likely N-dealkylation sites (tertiary alicyclic amines) is 1. The molecule has 1 aliphatic rings. The summed E-state index contributed by atoms with van der Waals surface area (Å²) in [4.78, 5) is 15.2. The number of ether oxygens (including phenoxy) is 1. The van der Waals surface area contributed by atoms with Gasteiger partial charge in [-0.25, -0.2) is 0 Å². The number of benzene rings is 2. The van der Waals surface area contributed by atoms with Gasteiger partial charge in [-0.2, -0.15) is 0 Å². The zero-order valence-electron chi connectivity index (χ0n) is 18.1. The van der Waals surface area contributed by atoms with Gasteiger partial charge < -0.3 is 14.6 Å². The van der Waals surface area contributed by atoms with Crippen molar-refractivity contribution >= 4 is 5.91 Å². The lowest BCUT2D eigenvalue weighted by molar-refractivity contribution is 0.0904. The fourth-order valence-corrected chi connectivity index (χ4v) is 4.02. The predicted molar refractivity (Wildman–Crippen MR) is 120 cm³/mol. The van der Waals surface area contributed by atoms with Crippen LogP contribution in [0, 0.1) is 5.92 Å². The maximum Gasteiger partial charge on any atom is 0.273 e. The fraction of sp³-hybridized carbons (Fsp3) is 0.360. The van der Waals surface area contributed by atoms with Gasteiger partial charge in [0.2, 0.25) is 0 Å². The van der Waals surface area contributed by atoms with Crippen LogP contribution in [0.4, 0.5) is 0 Å². The molecule has 6 nitrogen and oxygen atoms in total. The van der Waals surface area contributed by atoms with Gasteiger partial charge in [0.15, 0.2) is 11.5 Å².